The smallest absolute Gasteiger partial charge is 0.262 e. The second-order valence-corrected chi connectivity index (χ2v) is 6.84. The minimum atomic E-state index is -0.830. The molecule has 0 bridgehead atoms. The first-order valence-electron chi connectivity index (χ1n) is 9.49. The summed E-state index contributed by atoms with van der Waals surface area (Å²) in [4.78, 5) is 24.9. The molecule has 0 fully saturated rings. The van der Waals surface area contributed by atoms with Gasteiger partial charge in [0, 0.05) is 5.56 Å². The van der Waals surface area contributed by atoms with E-state index in [1.54, 1.807) is 32.0 Å². The molecule has 2 aromatic carbocycles. The maximum Gasteiger partial charge on any atom is 0.262 e. The molecule has 162 valence electrons. The van der Waals surface area contributed by atoms with E-state index in [9.17, 15) is 14.0 Å². The molecule has 1 unspecified atom stereocenters. The Morgan fingerprint density at radius 2 is 1.90 bits per heavy atom. The highest BCUT2D eigenvalue weighted by Crippen LogP contribution is 2.27. The molecule has 1 atom stereocenters. The molecule has 7 nitrogen and oxygen atoms in total. The van der Waals surface area contributed by atoms with Gasteiger partial charge in [-0.2, -0.15) is 5.10 Å². The van der Waals surface area contributed by atoms with Crippen molar-refractivity contribution in [2.45, 2.75) is 19.9 Å². The number of benzene rings is 2. The van der Waals surface area contributed by atoms with Crippen molar-refractivity contribution in [3.05, 3.63) is 59.4 Å². The number of hydrogen-bond acceptors (Lipinski definition) is 5. The van der Waals surface area contributed by atoms with Crippen LogP contribution in [0.4, 0.5) is 4.39 Å². The molecular formula is C23H24FN3O4. The van der Waals surface area contributed by atoms with Crippen LogP contribution in [-0.4, -0.2) is 37.8 Å². The summed E-state index contributed by atoms with van der Waals surface area (Å²) in [7, 11) is 1.50. The molecule has 0 radical (unpaired) electrons. The summed E-state index contributed by atoms with van der Waals surface area (Å²) in [5.74, 6) is 1.72. The number of terminal acetylenes is 1. The first kappa shape index (κ1) is 23.4. The molecule has 0 saturated heterocycles. The average molecular weight is 425 g/mol. The van der Waals surface area contributed by atoms with E-state index in [2.05, 4.69) is 21.8 Å². The zero-order valence-corrected chi connectivity index (χ0v) is 17.5. The fourth-order valence-corrected chi connectivity index (χ4v) is 2.60. The molecule has 0 aromatic heterocycles. The molecular weight excluding hydrogens is 401 g/mol. The number of halogens is 1. The molecule has 0 saturated carbocycles. The standard InChI is InChI=1S/C23H24FN3O4/c1-5-12-31-19-11-6-16(13-20(19)30-4)14-25-27-23(29)21(15(2)3)26-22(28)17-7-9-18(24)10-8-17/h1,6-11,13-15,21H,12H2,2-4H3,(H,26,28)(H,27,29). The van der Waals surface area contributed by atoms with Crippen LogP contribution in [0.15, 0.2) is 47.6 Å². The van der Waals surface area contributed by atoms with Gasteiger partial charge in [-0.1, -0.05) is 19.8 Å². The second-order valence-electron chi connectivity index (χ2n) is 6.84. The molecule has 2 N–H and O–H groups in total. The third kappa shape index (κ3) is 6.85. The van der Waals surface area contributed by atoms with E-state index in [1.807, 2.05) is 0 Å². The lowest BCUT2D eigenvalue weighted by Crippen LogP contribution is -2.48. The zero-order chi connectivity index (χ0) is 22.8. The third-order valence-corrected chi connectivity index (χ3v) is 4.23. The summed E-state index contributed by atoms with van der Waals surface area (Å²) >= 11 is 0. The van der Waals surface area contributed by atoms with Crippen LogP contribution in [0.25, 0.3) is 0 Å². The van der Waals surface area contributed by atoms with Gasteiger partial charge in [0.05, 0.1) is 13.3 Å². The van der Waals surface area contributed by atoms with Crippen LogP contribution < -0.4 is 20.2 Å². The van der Waals surface area contributed by atoms with Crippen LogP contribution in [0.3, 0.4) is 0 Å². The Bertz CT molecular complexity index is 981. The Balaban J connectivity index is 2.02. The van der Waals surface area contributed by atoms with Gasteiger partial charge in [0.15, 0.2) is 11.5 Å². The van der Waals surface area contributed by atoms with E-state index in [1.165, 1.54) is 37.6 Å². The number of rotatable bonds is 9. The SMILES string of the molecule is C#CCOc1ccc(C=NNC(=O)C(NC(=O)c2ccc(F)cc2)C(C)C)cc1OC. The summed E-state index contributed by atoms with van der Waals surface area (Å²) < 4.78 is 23.7. The summed E-state index contributed by atoms with van der Waals surface area (Å²) in [5, 5.41) is 6.60. The molecule has 0 spiro atoms. The quantitative estimate of drug-likeness (QED) is 0.367. The highest BCUT2D eigenvalue weighted by molar-refractivity contribution is 5.97. The number of ether oxygens (including phenoxy) is 2. The topological polar surface area (TPSA) is 89.0 Å². The maximum atomic E-state index is 13.0. The van der Waals surface area contributed by atoms with Crippen LogP contribution in [-0.2, 0) is 4.79 Å². The normalized spacial score (nSPS) is 11.6. The summed E-state index contributed by atoms with van der Waals surface area (Å²) in [6, 6.07) is 9.31. The van der Waals surface area contributed by atoms with Crippen molar-refractivity contribution >= 4 is 18.0 Å². The molecule has 31 heavy (non-hydrogen) atoms. The molecule has 0 heterocycles. The first-order valence-corrected chi connectivity index (χ1v) is 9.49. The van der Waals surface area contributed by atoms with Crippen molar-refractivity contribution in [2.24, 2.45) is 11.0 Å². The number of carbonyl (C=O) groups is 2. The van der Waals surface area contributed by atoms with E-state index >= 15 is 0 Å². The molecule has 0 aliphatic heterocycles. The van der Waals surface area contributed by atoms with Gasteiger partial charge in [-0.15, -0.1) is 6.42 Å². The van der Waals surface area contributed by atoms with Gasteiger partial charge in [0.25, 0.3) is 11.8 Å². The van der Waals surface area contributed by atoms with E-state index in [0.717, 1.165) is 0 Å². The predicted octanol–water partition coefficient (Wildman–Crippen LogP) is 2.75. The Kier molecular flexibility index (Phi) is 8.58. The van der Waals surface area contributed by atoms with Crippen LogP contribution in [0.1, 0.15) is 29.8 Å². The van der Waals surface area contributed by atoms with Gasteiger partial charge in [0.2, 0.25) is 0 Å². The Hall–Kier alpha value is -3.86. The third-order valence-electron chi connectivity index (χ3n) is 4.23. The van der Waals surface area contributed by atoms with E-state index in [-0.39, 0.29) is 18.1 Å². The van der Waals surface area contributed by atoms with Crippen molar-refractivity contribution < 1.29 is 23.5 Å². The predicted molar refractivity (Wildman–Crippen MR) is 116 cm³/mol. The Morgan fingerprint density at radius 3 is 2.52 bits per heavy atom. The van der Waals surface area contributed by atoms with Crippen molar-refractivity contribution in [3.8, 4) is 23.8 Å². The second kappa shape index (κ2) is 11.4. The van der Waals surface area contributed by atoms with Crippen LogP contribution in [0.5, 0.6) is 11.5 Å². The lowest BCUT2D eigenvalue weighted by Gasteiger charge is -2.20. The molecule has 0 aliphatic rings. The van der Waals surface area contributed by atoms with Crippen molar-refractivity contribution in [1.29, 1.82) is 0 Å². The largest absolute Gasteiger partial charge is 0.493 e. The monoisotopic (exact) mass is 425 g/mol. The first-order chi connectivity index (χ1) is 14.8. The van der Waals surface area contributed by atoms with Crippen LogP contribution in [0.2, 0.25) is 0 Å². The van der Waals surface area contributed by atoms with E-state index < -0.39 is 23.7 Å². The van der Waals surface area contributed by atoms with Crippen molar-refractivity contribution in [2.75, 3.05) is 13.7 Å². The van der Waals surface area contributed by atoms with Crippen LogP contribution in [0, 0.1) is 24.1 Å². The lowest BCUT2D eigenvalue weighted by atomic mass is 10.0. The minimum Gasteiger partial charge on any atom is -0.493 e. The van der Waals surface area contributed by atoms with Crippen molar-refractivity contribution in [3.63, 3.8) is 0 Å². The average Bonchev–Trinajstić information content (AvgIpc) is 2.76. The fraction of sp³-hybridized carbons (Fsp3) is 0.261. The number of methoxy groups -OCH3 is 1. The van der Waals surface area contributed by atoms with Crippen molar-refractivity contribution in [1.82, 2.24) is 10.7 Å². The number of hydrazone groups is 1. The Labute approximate surface area is 180 Å². The van der Waals surface area contributed by atoms with Gasteiger partial charge in [-0.05, 0) is 53.9 Å². The number of nitrogens with zero attached hydrogens (tertiary/aromatic N) is 1. The Morgan fingerprint density at radius 1 is 1.19 bits per heavy atom. The fourth-order valence-electron chi connectivity index (χ4n) is 2.60. The van der Waals surface area contributed by atoms with Gasteiger partial charge in [0.1, 0.15) is 18.5 Å². The zero-order valence-electron chi connectivity index (χ0n) is 17.5. The number of hydrogen-bond donors (Lipinski definition) is 2. The highest BCUT2D eigenvalue weighted by Gasteiger charge is 2.24. The minimum absolute atomic E-state index is 0.111. The number of carbonyl (C=O) groups excluding carboxylic acids is 2. The molecule has 2 amide bonds. The van der Waals surface area contributed by atoms with E-state index in [4.69, 9.17) is 15.9 Å². The number of amides is 2. The highest BCUT2D eigenvalue weighted by atomic mass is 19.1. The molecule has 2 rings (SSSR count). The lowest BCUT2D eigenvalue weighted by molar-refractivity contribution is -0.123. The van der Waals surface area contributed by atoms with Gasteiger partial charge in [-0.3, -0.25) is 9.59 Å². The van der Waals surface area contributed by atoms with E-state index in [0.29, 0.717) is 17.1 Å². The summed E-state index contributed by atoms with van der Waals surface area (Å²) in [6.07, 6.45) is 6.62. The van der Waals surface area contributed by atoms with Crippen LogP contribution >= 0.6 is 0 Å². The van der Waals surface area contributed by atoms with Gasteiger partial charge >= 0.3 is 0 Å². The van der Waals surface area contributed by atoms with Gasteiger partial charge < -0.3 is 14.8 Å². The maximum absolute atomic E-state index is 13.0. The summed E-state index contributed by atoms with van der Waals surface area (Å²) in [6.45, 7) is 3.69. The van der Waals surface area contributed by atoms with Gasteiger partial charge in [-0.25, -0.2) is 9.82 Å². The molecule has 2 aromatic rings. The molecule has 0 aliphatic carbocycles. The number of nitrogens with one attached hydrogen (secondary N) is 2. The molecule has 8 heteroatoms. The summed E-state index contributed by atoms with van der Waals surface area (Å²) in [5.41, 5.74) is 3.33.